The lowest BCUT2D eigenvalue weighted by Crippen LogP contribution is -2.36. The van der Waals surface area contributed by atoms with Crippen LogP contribution in [0.2, 0.25) is 0 Å². The molecule has 3 nitrogen and oxygen atoms in total. The topological polar surface area (TPSA) is 34.4 Å². The van der Waals surface area contributed by atoms with E-state index in [1.807, 2.05) is 19.9 Å². The van der Waals surface area contributed by atoms with E-state index in [0.717, 1.165) is 21.4 Å². The van der Waals surface area contributed by atoms with Gasteiger partial charge in [0, 0.05) is 13.7 Å². The molecule has 0 atom stereocenters. The zero-order valence-corrected chi connectivity index (χ0v) is 12.2. The summed E-state index contributed by atoms with van der Waals surface area (Å²) in [5, 5.41) is 3.27. The molecule has 1 heterocycles. The first-order chi connectivity index (χ1) is 6.94. The summed E-state index contributed by atoms with van der Waals surface area (Å²) >= 11 is 6.66. The highest BCUT2D eigenvalue weighted by Gasteiger charge is 2.15. The molecule has 15 heavy (non-hydrogen) atoms. The van der Waals surface area contributed by atoms with Gasteiger partial charge in [-0.15, -0.1) is 0 Å². The van der Waals surface area contributed by atoms with E-state index in [1.165, 1.54) is 0 Å². The molecule has 0 bridgehead atoms. The Morgan fingerprint density at radius 3 is 2.60 bits per heavy atom. The third-order valence-corrected chi connectivity index (χ3v) is 3.81. The van der Waals surface area contributed by atoms with Crippen molar-refractivity contribution < 1.29 is 9.15 Å². The van der Waals surface area contributed by atoms with Crippen molar-refractivity contribution in [3.8, 4) is 0 Å². The molecule has 0 aliphatic carbocycles. The summed E-state index contributed by atoms with van der Waals surface area (Å²) in [5.41, 5.74) is -0.152. The summed E-state index contributed by atoms with van der Waals surface area (Å²) in [6.45, 7) is 5.54. The number of rotatable bonds is 5. The Kier molecular flexibility index (Phi) is 4.83. The number of furan rings is 1. The van der Waals surface area contributed by atoms with Crippen LogP contribution in [0.4, 0.5) is 0 Å². The molecular weight excluding hydrogens is 326 g/mol. The lowest BCUT2D eigenvalue weighted by Gasteiger charge is -2.22. The van der Waals surface area contributed by atoms with E-state index in [0.29, 0.717) is 6.54 Å². The van der Waals surface area contributed by atoms with Crippen LogP contribution in [0.1, 0.15) is 19.6 Å². The Labute approximate surface area is 107 Å². The maximum atomic E-state index is 5.43. The third-order valence-electron chi connectivity index (χ3n) is 2.10. The number of hydrogen-bond donors (Lipinski definition) is 1. The van der Waals surface area contributed by atoms with Gasteiger partial charge in [-0.25, -0.2) is 0 Å². The normalized spacial score (nSPS) is 12.1. The predicted octanol–water partition coefficient (Wildman–Crippen LogP) is 3.32. The predicted molar refractivity (Wildman–Crippen MR) is 66.9 cm³/mol. The van der Waals surface area contributed by atoms with Crippen molar-refractivity contribution >= 4 is 31.9 Å². The lowest BCUT2D eigenvalue weighted by atomic mass is 10.1. The fourth-order valence-electron chi connectivity index (χ4n) is 1.04. The average Bonchev–Trinajstić information content (AvgIpc) is 2.46. The molecule has 0 unspecified atom stereocenters. The second-order valence-corrected chi connectivity index (χ2v) is 5.48. The molecule has 0 saturated heterocycles. The molecule has 1 aromatic heterocycles. The fraction of sp³-hybridized carbons (Fsp3) is 0.600. The van der Waals surface area contributed by atoms with Gasteiger partial charge >= 0.3 is 0 Å². The van der Waals surface area contributed by atoms with Gasteiger partial charge in [-0.05, 0) is 51.8 Å². The molecule has 0 saturated carbocycles. The van der Waals surface area contributed by atoms with Crippen LogP contribution in [0.3, 0.4) is 0 Å². The van der Waals surface area contributed by atoms with E-state index < -0.39 is 0 Å². The molecule has 0 radical (unpaired) electrons. The van der Waals surface area contributed by atoms with E-state index in [2.05, 4.69) is 37.2 Å². The Morgan fingerprint density at radius 1 is 1.47 bits per heavy atom. The monoisotopic (exact) mass is 339 g/mol. The largest absolute Gasteiger partial charge is 0.452 e. The molecule has 0 amide bonds. The first-order valence-corrected chi connectivity index (χ1v) is 6.23. The minimum absolute atomic E-state index is 0.152. The van der Waals surface area contributed by atoms with Gasteiger partial charge in [-0.2, -0.15) is 0 Å². The zero-order chi connectivity index (χ0) is 11.5. The van der Waals surface area contributed by atoms with Crippen LogP contribution in [-0.4, -0.2) is 19.3 Å². The number of hydrogen-bond acceptors (Lipinski definition) is 3. The van der Waals surface area contributed by atoms with E-state index in [-0.39, 0.29) is 5.60 Å². The summed E-state index contributed by atoms with van der Waals surface area (Å²) < 4.78 is 12.4. The summed E-state index contributed by atoms with van der Waals surface area (Å²) in [6, 6.07) is 1.94. The van der Waals surface area contributed by atoms with Crippen molar-refractivity contribution in [3.63, 3.8) is 0 Å². The number of methoxy groups -OCH3 is 1. The smallest absolute Gasteiger partial charge is 0.183 e. The van der Waals surface area contributed by atoms with Gasteiger partial charge in [0.25, 0.3) is 0 Å². The number of ether oxygens (including phenoxy) is 1. The highest BCUT2D eigenvalue weighted by molar-refractivity contribution is 9.13. The molecule has 0 aliphatic rings. The van der Waals surface area contributed by atoms with Crippen LogP contribution in [-0.2, 0) is 11.3 Å². The molecule has 0 aromatic carbocycles. The molecule has 0 aliphatic heterocycles. The molecule has 1 aromatic rings. The van der Waals surface area contributed by atoms with Crippen LogP contribution in [0.25, 0.3) is 0 Å². The van der Waals surface area contributed by atoms with Gasteiger partial charge in [0.2, 0.25) is 0 Å². The quantitative estimate of drug-likeness (QED) is 0.892. The van der Waals surface area contributed by atoms with Gasteiger partial charge in [-0.3, -0.25) is 0 Å². The van der Waals surface area contributed by atoms with E-state index in [4.69, 9.17) is 9.15 Å². The minimum atomic E-state index is -0.152. The van der Waals surface area contributed by atoms with Crippen molar-refractivity contribution in [1.29, 1.82) is 0 Å². The molecule has 5 heteroatoms. The van der Waals surface area contributed by atoms with Crippen molar-refractivity contribution in [3.05, 3.63) is 21.0 Å². The highest BCUT2D eigenvalue weighted by Crippen LogP contribution is 2.26. The summed E-state index contributed by atoms with van der Waals surface area (Å²) in [5.74, 6) is 0.889. The Bertz CT molecular complexity index is 304. The molecule has 1 rings (SSSR count). The van der Waals surface area contributed by atoms with Crippen LogP contribution >= 0.6 is 31.9 Å². The van der Waals surface area contributed by atoms with Gasteiger partial charge < -0.3 is 14.5 Å². The van der Waals surface area contributed by atoms with Crippen LogP contribution in [0, 0.1) is 0 Å². The van der Waals surface area contributed by atoms with Gasteiger partial charge in [0.1, 0.15) is 5.76 Å². The fourth-order valence-corrected chi connectivity index (χ4v) is 1.70. The second kappa shape index (κ2) is 5.48. The maximum absolute atomic E-state index is 5.43. The molecule has 0 spiro atoms. The van der Waals surface area contributed by atoms with Crippen molar-refractivity contribution in [1.82, 2.24) is 5.32 Å². The standard InChI is InChI=1S/C10H15Br2NO2/c1-10(2,14-3)6-13-5-7-4-8(11)9(12)15-7/h4,13H,5-6H2,1-3H3. The first kappa shape index (κ1) is 13.2. The number of nitrogens with one attached hydrogen (secondary N) is 1. The maximum Gasteiger partial charge on any atom is 0.183 e. The Hall–Kier alpha value is 0.160. The summed E-state index contributed by atoms with van der Waals surface area (Å²) in [6.07, 6.45) is 0. The third kappa shape index (κ3) is 4.26. The van der Waals surface area contributed by atoms with Crippen molar-refractivity contribution in [2.75, 3.05) is 13.7 Å². The van der Waals surface area contributed by atoms with Crippen molar-refractivity contribution in [2.24, 2.45) is 0 Å². The lowest BCUT2D eigenvalue weighted by molar-refractivity contribution is 0.0227. The second-order valence-electron chi connectivity index (χ2n) is 3.90. The SMILES string of the molecule is COC(C)(C)CNCc1cc(Br)c(Br)o1. The van der Waals surface area contributed by atoms with Crippen molar-refractivity contribution in [2.45, 2.75) is 26.0 Å². The highest BCUT2D eigenvalue weighted by atomic mass is 79.9. The Morgan fingerprint density at radius 2 is 2.13 bits per heavy atom. The van der Waals surface area contributed by atoms with E-state index in [1.54, 1.807) is 7.11 Å². The zero-order valence-electron chi connectivity index (χ0n) is 9.06. The minimum Gasteiger partial charge on any atom is -0.452 e. The van der Waals surface area contributed by atoms with E-state index in [9.17, 15) is 0 Å². The number of halogens is 2. The van der Waals surface area contributed by atoms with Crippen LogP contribution in [0.5, 0.6) is 0 Å². The van der Waals surface area contributed by atoms with Gasteiger partial charge in [0.05, 0.1) is 16.6 Å². The van der Waals surface area contributed by atoms with E-state index >= 15 is 0 Å². The molecule has 0 fully saturated rings. The van der Waals surface area contributed by atoms with Crippen LogP contribution < -0.4 is 5.32 Å². The van der Waals surface area contributed by atoms with Crippen LogP contribution in [0.15, 0.2) is 19.6 Å². The summed E-state index contributed by atoms with van der Waals surface area (Å²) in [4.78, 5) is 0. The first-order valence-electron chi connectivity index (χ1n) is 4.64. The average molecular weight is 341 g/mol. The molecule has 1 N–H and O–H groups in total. The molecular formula is C10H15Br2NO2. The van der Waals surface area contributed by atoms with Gasteiger partial charge in [0.15, 0.2) is 4.67 Å². The summed E-state index contributed by atoms with van der Waals surface area (Å²) in [7, 11) is 1.71. The van der Waals surface area contributed by atoms with Gasteiger partial charge in [-0.1, -0.05) is 0 Å². The molecule has 86 valence electrons. The Balaban J connectivity index is 2.38.